The number of hydrogen-bond acceptors (Lipinski definition) is 5. The van der Waals surface area contributed by atoms with E-state index in [-0.39, 0.29) is 12.0 Å². The number of benzene rings is 1. The van der Waals surface area contributed by atoms with Gasteiger partial charge in [-0.2, -0.15) is 0 Å². The molecule has 0 saturated heterocycles. The number of amides is 1. The van der Waals surface area contributed by atoms with Crippen molar-refractivity contribution in [2.75, 3.05) is 27.2 Å². The van der Waals surface area contributed by atoms with E-state index < -0.39 is 0 Å². The average Bonchev–Trinajstić information content (AvgIpc) is 3.47. The fourth-order valence-electron chi connectivity index (χ4n) is 3.75. The van der Waals surface area contributed by atoms with Crippen LogP contribution in [0.15, 0.2) is 39.9 Å². The number of hydrogen-bond donors (Lipinski definition) is 3. The lowest BCUT2D eigenvalue weighted by Crippen LogP contribution is -2.38. The van der Waals surface area contributed by atoms with Crippen LogP contribution in [0.2, 0.25) is 0 Å². The van der Waals surface area contributed by atoms with Crippen LogP contribution < -0.4 is 25.4 Å². The Morgan fingerprint density at radius 3 is 2.62 bits per heavy atom. The van der Waals surface area contributed by atoms with E-state index in [1.54, 1.807) is 20.2 Å². The number of guanidine groups is 1. The first-order chi connectivity index (χ1) is 15.6. The number of rotatable bonds is 10. The molecule has 1 aliphatic carbocycles. The molecule has 0 bridgehead atoms. The molecule has 0 spiro atoms. The van der Waals surface area contributed by atoms with Crippen LogP contribution in [-0.4, -0.2) is 45.2 Å². The average molecular weight is 443 g/mol. The zero-order valence-corrected chi connectivity index (χ0v) is 19.2. The van der Waals surface area contributed by atoms with Crippen molar-refractivity contribution in [2.24, 2.45) is 4.99 Å². The van der Waals surface area contributed by atoms with E-state index in [4.69, 9.17) is 13.9 Å². The van der Waals surface area contributed by atoms with Gasteiger partial charge in [0, 0.05) is 37.8 Å². The Kier molecular flexibility index (Phi) is 8.83. The number of aryl methyl sites for hydroxylation is 1. The lowest BCUT2D eigenvalue weighted by atomic mass is 10.1. The van der Waals surface area contributed by atoms with Crippen molar-refractivity contribution in [2.45, 2.75) is 51.7 Å². The Hall–Kier alpha value is -3.16. The molecule has 1 saturated carbocycles. The minimum atomic E-state index is -0.192. The Morgan fingerprint density at radius 2 is 1.94 bits per heavy atom. The number of ether oxygens (including phenoxy) is 2. The fourth-order valence-corrected chi connectivity index (χ4v) is 3.75. The number of nitrogens with zero attached hydrogens (tertiary/aromatic N) is 1. The summed E-state index contributed by atoms with van der Waals surface area (Å²) in [5.74, 6) is 2.42. The quantitative estimate of drug-likeness (QED) is 0.296. The molecule has 0 aliphatic heterocycles. The molecule has 2 aromatic rings. The molecule has 3 rings (SSSR count). The molecule has 174 valence electrons. The van der Waals surface area contributed by atoms with E-state index in [9.17, 15) is 4.79 Å². The summed E-state index contributed by atoms with van der Waals surface area (Å²) in [7, 11) is 3.40. The number of methoxy groups -OCH3 is 1. The van der Waals surface area contributed by atoms with Gasteiger partial charge in [-0.05, 0) is 51.2 Å². The maximum Gasteiger partial charge on any atom is 0.287 e. The highest BCUT2D eigenvalue weighted by atomic mass is 16.5. The molecule has 1 fully saturated rings. The first kappa shape index (κ1) is 23.5. The highest BCUT2D eigenvalue weighted by Crippen LogP contribution is 2.34. The summed E-state index contributed by atoms with van der Waals surface area (Å²) in [6.07, 6.45) is 7.13. The molecule has 32 heavy (non-hydrogen) atoms. The first-order valence-corrected chi connectivity index (χ1v) is 11.2. The van der Waals surface area contributed by atoms with Crippen molar-refractivity contribution >= 4 is 11.9 Å². The first-order valence-electron chi connectivity index (χ1n) is 11.2. The molecular formula is C24H34N4O4. The third-order valence-electron chi connectivity index (χ3n) is 5.54. The molecule has 1 aliphatic rings. The van der Waals surface area contributed by atoms with Gasteiger partial charge in [-0.1, -0.05) is 12.1 Å². The van der Waals surface area contributed by atoms with Crippen LogP contribution in [-0.2, 0) is 6.54 Å². The van der Waals surface area contributed by atoms with Gasteiger partial charge in [0.15, 0.2) is 23.2 Å². The molecular weight excluding hydrogens is 408 g/mol. The molecule has 0 radical (unpaired) electrons. The topological polar surface area (TPSA) is 97.1 Å². The van der Waals surface area contributed by atoms with Gasteiger partial charge in [0.25, 0.3) is 5.91 Å². The molecule has 0 atom stereocenters. The second kappa shape index (κ2) is 12.0. The van der Waals surface area contributed by atoms with Crippen molar-refractivity contribution in [1.29, 1.82) is 0 Å². The van der Waals surface area contributed by atoms with Crippen molar-refractivity contribution in [3.8, 4) is 11.5 Å². The van der Waals surface area contributed by atoms with Gasteiger partial charge in [0.05, 0.1) is 19.5 Å². The van der Waals surface area contributed by atoms with Gasteiger partial charge in [-0.25, -0.2) is 0 Å². The van der Waals surface area contributed by atoms with Crippen molar-refractivity contribution in [3.63, 3.8) is 0 Å². The molecule has 0 unspecified atom stereocenters. The SMILES string of the molecule is CN=C(NCCCNC(=O)c1occc1C)NCc1cccc(OC)c1OC1CCCC1. The normalized spacial score (nSPS) is 14.3. The van der Waals surface area contributed by atoms with E-state index in [1.807, 2.05) is 25.1 Å². The summed E-state index contributed by atoms with van der Waals surface area (Å²) < 4.78 is 17.0. The minimum Gasteiger partial charge on any atom is -0.493 e. The van der Waals surface area contributed by atoms with Crippen molar-refractivity contribution in [3.05, 3.63) is 47.4 Å². The van der Waals surface area contributed by atoms with Crippen molar-refractivity contribution in [1.82, 2.24) is 16.0 Å². The Morgan fingerprint density at radius 1 is 1.16 bits per heavy atom. The Bertz CT molecular complexity index is 903. The number of carbonyl (C=O) groups excluding carboxylic acids is 1. The van der Waals surface area contributed by atoms with Gasteiger partial charge in [0.2, 0.25) is 0 Å². The van der Waals surface area contributed by atoms with Crippen LogP contribution >= 0.6 is 0 Å². The zero-order chi connectivity index (χ0) is 22.8. The van der Waals surface area contributed by atoms with Gasteiger partial charge < -0.3 is 29.8 Å². The lowest BCUT2D eigenvalue weighted by molar-refractivity contribution is 0.0925. The number of carbonyl (C=O) groups is 1. The fraction of sp³-hybridized carbons (Fsp3) is 0.500. The molecule has 8 nitrogen and oxygen atoms in total. The van der Waals surface area contributed by atoms with Crippen LogP contribution in [0.25, 0.3) is 0 Å². The molecule has 1 aromatic carbocycles. The maximum absolute atomic E-state index is 12.1. The van der Waals surface area contributed by atoms with E-state index in [0.29, 0.717) is 31.4 Å². The second-order valence-corrected chi connectivity index (χ2v) is 7.87. The summed E-state index contributed by atoms with van der Waals surface area (Å²) in [4.78, 5) is 16.3. The molecule has 1 aromatic heterocycles. The highest BCUT2D eigenvalue weighted by molar-refractivity contribution is 5.92. The van der Waals surface area contributed by atoms with Crippen molar-refractivity contribution < 1.29 is 18.7 Å². The summed E-state index contributed by atoms with van der Waals surface area (Å²) >= 11 is 0. The molecule has 1 heterocycles. The number of nitrogens with one attached hydrogen (secondary N) is 3. The molecule has 1 amide bonds. The third-order valence-corrected chi connectivity index (χ3v) is 5.54. The number of para-hydroxylation sites is 1. The predicted octanol–water partition coefficient (Wildman–Crippen LogP) is 3.40. The monoisotopic (exact) mass is 442 g/mol. The largest absolute Gasteiger partial charge is 0.493 e. The second-order valence-electron chi connectivity index (χ2n) is 7.87. The number of aliphatic imine (C=N–C) groups is 1. The maximum atomic E-state index is 12.1. The Balaban J connectivity index is 1.45. The standard InChI is InChI=1S/C24H34N4O4/c1-17-12-15-31-21(17)23(29)26-13-7-14-27-24(25-2)28-16-18-8-6-11-20(30-3)22(18)32-19-9-4-5-10-19/h6,8,11-12,15,19H,4-5,7,9-10,13-14,16H2,1-3H3,(H,26,29)(H2,25,27,28). The summed E-state index contributed by atoms with van der Waals surface area (Å²) in [5.41, 5.74) is 1.86. The minimum absolute atomic E-state index is 0.192. The Labute approximate surface area is 189 Å². The third kappa shape index (κ3) is 6.42. The predicted molar refractivity (Wildman–Crippen MR) is 124 cm³/mol. The van der Waals surface area contributed by atoms with Crippen LogP contribution in [0.5, 0.6) is 11.5 Å². The van der Waals surface area contributed by atoms with Crippen LogP contribution in [0.4, 0.5) is 0 Å². The summed E-state index contributed by atoms with van der Waals surface area (Å²) in [5, 5.41) is 9.47. The van der Waals surface area contributed by atoms with Crippen LogP contribution in [0, 0.1) is 6.92 Å². The summed E-state index contributed by atoms with van der Waals surface area (Å²) in [6, 6.07) is 7.72. The number of furan rings is 1. The zero-order valence-electron chi connectivity index (χ0n) is 19.2. The van der Waals surface area contributed by atoms with E-state index in [0.717, 1.165) is 41.9 Å². The van der Waals surface area contributed by atoms with Crippen LogP contribution in [0.1, 0.15) is 53.8 Å². The van der Waals surface area contributed by atoms with E-state index >= 15 is 0 Å². The van der Waals surface area contributed by atoms with E-state index in [1.165, 1.54) is 19.1 Å². The van der Waals surface area contributed by atoms with Crippen LogP contribution in [0.3, 0.4) is 0 Å². The van der Waals surface area contributed by atoms with E-state index in [2.05, 4.69) is 20.9 Å². The highest BCUT2D eigenvalue weighted by Gasteiger charge is 2.20. The molecule has 8 heteroatoms. The smallest absolute Gasteiger partial charge is 0.287 e. The lowest BCUT2D eigenvalue weighted by Gasteiger charge is -2.20. The summed E-state index contributed by atoms with van der Waals surface area (Å²) in [6.45, 7) is 3.62. The van der Waals surface area contributed by atoms with Gasteiger partial charge >= 0.3 is 0 Å². The van der Waals surface area contributed by atoms with Gasteiger partial charge in [0.1, 0.15) is 0 Å². The van der Waals surface area contributed by atoms with Gasteiger partial charge in [-0.15, -0.1) is 0 Å². The van der Waals surface area contributed by atoms with Gasteiger partial charge in [-0.3, -0.25) is 9.79 Å². The molecule has 3 N–H and O–H groups in total.